The topological polar surface area (TPSA) is 56.3 Å². The standard InChI is InChI=1S/C16H14FN3O2.ClH/c1-21-14-7-12-13(8-15(14)22-2)18-9-19-16(12)20-11-5-3-4-10(17)6-11;/h3-9H,1-2H3,(H,18,19,20);1H/i1D3,2D3;. The van der Waals surface area contributed by atoms with Gasteiger partial charge in [0.05, 0.1) is 27.8 Å². The van der Waals surface area contributed by atoms with Crippen LogP contribution in [0.5, 0.6) is 11.5 Å². The molecule has 5 nitrogen and oxygen atoms in total. The first-order valence-corrected chi connectivity index (χ1v) is 6.20. The maximum absolute atomic E-state index is 13.4. The first-order valence-electron chi connectivity index (χ1n) is 9.20. The molecule has 3 rings (SSSR count). The molecule has 0 fully saturated rings. The summed E-state index contributed by atoms with van der Waals surface area (Å²) in [5.41, 5.74) is 0.673. The molecule has 0 spiro atoms. The Balaban J connectivity index is 0.00000300. The molecule has 0 aliphatic rings. The van der Waals surface area contributed by atoms with E-state index in [1.54, 1.807) is 6.07 Å². The Morgan fingerprint density at radius 2 is 1.87 bits per heavy atom. The van der Waals surface area contributed by atoms with Gasteiger partial charge >= 0.3 is 0 Å². The summed E-state index contributed by atoms with van der Waals surface area (Å²) in [6, 6.07) is 8.14. The third kappa shape index (κ3) is 3.43. The van der Waals surface area contributed by atoms with Crippen molar-refractivity contribution in [3.8, 4) is 11.5 Å². The van der Waals surface area contributed by atoms with E-state index < -0.39 is 19.9 Å². The van der Waals surface area contributed by atoms with Crippen LogP contribution in [0.25, 0.3) is 10.9 Å². The Morgan fingerprint density at radius 1 is 1.09 bits per heavy atom. The van der Waals surface area contributed by atoms with Crippen LogP contribution in [0.3, 0.4) is 0 Å². The van der Waals surface area contributed by atoms with Gasteiger partial charge in [-0.25, -0.2) is 14.4 Å². The van der Waals surface area contributed by atoms with E-state index in [2.05, 4.69) is 15.3 Å². The smallest absolute Gasteiger partial charge is 0.162 e. The maximum Gasteiger partial charge on any atom is 0.162 e. The van der Waals surface area contributed by atoms with Crippen molar-refractivity contribution >= 4 is 34.8 Å². The van der Waals surface area contributed by atoms with Gasteiger partial charge in [0.25, 0.3) is 0 Å². The van der Waals surface area contributed by atoms with Crippen LogP contribution in [-0.4, -0.2) is 24.0 Å². The lowest BCUT2D eigenvalue weighted by Crippen LogP contribution is -1.98. The summed E-state index contributed by atoms with van der Waals surface area (Å²) in [7, 11) is -5.66. The van der Waals surface area contributed by atoms with E-state index in [1.165, 1.54) is 36.7 Å². The molecule has 1 aromatic heterocycles. The summed E-state index contributed by atoms with van der Waals surface area (Å²) >= 11 is 0. The molecule has 3 aromatic rings. The third-order valence-corrected chi connectivity index (χ3v) is 3.01. The largest absolute Gasteiger partial charge is 0.493 e. The number of nitrogens with zero attached hydrogens (tertiary/aromatic N) is 2. The number of anilines is 2. The van der Waals surface area contributed by atoms with Crippen molar-refractivity contribution in [3.05, 3.63) is 48.5 Å². The molecule has 120 valence electrons. The van der Waals surface area contributed by atoms with Crippen molar-refractivity contribution in [2.75, 3.05) is 19.4 Å². The van der Waals surface area contributed by atoms with Gasteiger partial charge in [-0.05, 0) is 24.3 Å². The number of methoxy groups -OCH3 is 2. The second kappa shape index (κ2) is 7.11. The fraction of sp³-hybridized carbons (Fsp3) is 0.125. The summed E-state index contributed by atoms with van der Waals surface area (Å²) in [4.78, 5) is 8.13. The van der Waals surface area contributed by atoms with E-state index in [0.29, 0.717) is 11.1 Å². The van der Waals surface area contributed by atoms with Gasteiger partial charge in [-0.3, -0.25) is 0 Å². The number of halogens is 2. The molecular weight excluding hydrogens is 321 g/mol. The van der Waals surface area contributed by atoms with Gasteiger partial charge in [0.1, 0.15) is 18.0 Å². The lowest BCUT2D eigenvalue weighted by atomic mass is 10.2. The zero-order valence-corrected chi connectivity index (χ0v) is 12.4. The second-order valence-electron chi connectivity index (χ2n) is 4.38. The van der Waals surface area contributed by atoms with Gasteiger partial charge in [-0.1, -0.05) is 6.07 Å². The van der Waals surface area contributed by atoms with E-state index in [9.17, 15) is 4.39 Å². The Bertz CT molecular complexity index is 1020. The molecule has 0 bridgehead atoms. The molecule has 0 amide bonds. The van der Waals surface area contributed by atoms with Crippen molar-refractivity contribution in [2.45, 2.75) is 0 Å². The fourth-order valence-electron chi connectivity index (χ4n) is 2.03. The minimum Gasteiger partial charge on any atom is -0.493 e. The van der Waals surface area contributed by atoms with Crippen LogP contribution in [0.4, 0.5) is 15.9 Å². The highest BCUT2D eigenvalue weighted by atomic mass is 35.5. The lowest BCUT2D eigenvalue weighted by Gasteiger charge is -2.12. The van der Waals surface area contributed by atoms with Crippen LogP contribution in [0.1, 0.15) is 8.22 Å². The molecule has 0 saturated heterocycles. The number of aromatic nitrogens is 2. The van der Waals surface area contributed by atoms with Crippen LogP contribution in [-0.2, 0) is 0 Å². The molecule has 0 aliphatic carbocycles. The molecule has 0 saturated carbocycles. The van der Waals surface area contributed by atoms with Gasteiger partial charge in [0.2, 0.25) is 0 Å². The van der Waals surface area contributed by atoms with Crippen LogP contribution >= 0.6 is 12.4 Å². The van der Waals surface area contributed by atoms with Crippen molar-refractivity contribution in [1.82, 2.24) is 9.97 Å². The SMILES string of the molecule is Cl.[2H]C([2H])([2H])Oc1cc2ncnc(Nc3cccc(F)c3)c2cc1OC([2H])([2H])[2H]. The number of fused-ring (bicyclic) bond motifs is 1. The predicted molar refractivity (Wildman–Crippen MR) is 89.6 cm³/mol. The third-order valence-electron chi connectivity index (χ3n) is 3.01. The minimum absolute atomic E-state index is 0. The highest BCUT2D eigenvalue weighted by Gasteiger charge is 2.11. The number of hydrogen-bond donors (Lipinski definition) is 1. The van der Waals surface area contributed by atoms with Gasteiger partial charge < -0.3 is 14.8 Å². The average Bonchev–Trinajstić information content (AvgIpc) is 2.53. The first-order chi connectivity index (χ1) is 13.0. The Morgan fingerprint density at radius 3 is 2.61 bits per heavy atom. The summed E-state index contributed by atoms with van der Waals surface area (Å²) in [5, 5.41) is 3.23. The monoisotopic (exact) mass is 341 g/mol. The molecule has 0 atom stereocenters. The number of benzene rings is 2. The molecule has 1 heterocycles. The van der Waals surface area contributed by atoms with Gasteiger partial charge in [-0.15, -0.1) is 12.4 Å². The lowest BCUT2D eigenvalue weighted by molar-refractivity contribution is 0.356. The van der Waals surface area contributed by atoms with E-state index >= 15 is 0 Å². The Hall–Kier alpha value is -2.60. The first kappa shape index (κ1) is 10.2. The van der Waals surface area contributed by atoms with E-state index in [-0.39, 0.29) is 35.2 Å². The van der Waals surface area contributed by atoms with Crippen molar-refractivity contribution in [2.24, 2.45) is 0 Å². The molecule has 0 unspecified atom stereocenters. The average molecular weight is 342 g/mol. The van der Waals surface area contributed by atoms with Crippen molar-refractivity contribution in [1.29, 1.82) is 0 Å². The van der Waals surface area contributed by atoms with Crippen LogP contribution in [0, 0.1) is 5.82 Å². The number of rotatable bonds is 4. The van der Waals surface area contributed by atoms with Crippen LogP contribution < -0.4 is 14.8 Å². The Labute approximate surface area is 147 Å². The summed E-state index contributed by atoms with van der Waals surface area (Å²) in [6.07, 6.45) is 1.22. The Kier molecular flexibility index (Phi) is 3.16. The molecule has 2 aromatic carbocycles. The molecule has 7 heteroatoms. The predicted octanol–water partition coefficient (Wildman–Crippen LogP) is 3.95. The van der Waals surface area contributed by atoms with E-state index in [4.69, 9.17) is 17.7 Å². The number of nitrogens with one attached hydrogen (secondary N) is 1. The summed E-state index contributed by atoms with van der Waals surface area (Å²) < 4.78 is 66.8. The highest BCUT2D eigenvalue weighted by molar-refractivity contribution is 5.93. The highest BCUT2D eigenvalue weighted by Crippen LogP contribution is 2.34. The van der Waals surface area contributed by atoms with Crippen molar-refractivity contribution in [3.63, 3.8) is 0 Å². The van der Waals surface area contributed by atoms with E-state index in [0.717, 1.165) is 0 Å². The fourth-order valence-corrected chi connectivity index (χ4v) is 2.03. The van der Waals surface area contributed by atoms with Crippen LogP contribution in [0.15, 0.2) is 42.7 Å². The molecule has 1 N–H and O–H groups in total. The number of ether oxygens (including phenoxy) is 2. The van der Waals surface area contributed by atoms with Crippen LogP contribution in [0.2, 0.25) is 0 Å². The zero-order valence-electron chi connectivity index (χ0n) is 17.5. The molecule has 0 radical (unpaired) electrons. The maximum atomic E-state index is 13.4. The summed E-state index contributed by atoms with van der Waals surface area (Å²) in [6.45, 7) is 0. The number of hydrogen-bond acceptors (Lipinski definition) is 5. The molecular formula is C16H15ClFN3O2. The molecule has 23 heavy (non-hydrogen) atoms. The normalized spacial score (nSPS) is 15.0. The van der Waals surface area contributed by atoms with Gasteiger partial charge in [0, 0.05) is 17.1 Å². The quantitative estimate of drug-likeness (QED) is 0.778. The van der Waals surface area contributed by atoms with Gasteiger partial charge in [0.15, 0.2) is 11.5 Å². The molecule has 0 aliphatic heterocycles. The summed E-state index contributed by atoms with van der Waals surface area (Å²) in [5.74, 6) is -0.839. The second-order valence-corrected chi connectivity index (χ2v) is 4.38. The minimum atomic E-state index is -2.84. The van der Waals surface area contributed by atoms with Gasteiger partial charge in [-0.2, -0.15) is 0 Å². The van der Waals surface area contributed by atoms with E-state index in [1.807, 2.05) is 0 Å². The zero-order chi connectivity index (χ0) is 20.5. The van der Waals surface area contributed by atoms with Crippen molar-refractivity contribution < 1.29 is 22.1 Å².